The molecule has 3 aliphatic rings. The molecule has 20 heavy (non-hydrogen) atoms. The Morgan fingerprint density at radius 3 is 2.70 bits per heavy atom. The van der Waals surface area contributed by atoms with Crippen molar-refractivity contribution in [1.82, 2.24) is 10.6 Å². The minimum Gasteiger partial charge on any atom is -0.377 e. The third kappa shape index (κ3) is 3.08. The number of aliphatic imine (C=N–C) groups is 1. The van der Waals surface area contributed by atoms with Gasteiger partial charge in [-0.05, 0) is 32.1 Å². The normalized spacial score (nSPS) is 34.8. The lowest BCUT2D eigenvalue weighted by atomic mass is 9.57. The quantitative estimate of drug-likeness (QED) is 0.438. The predicted molar refractivity (Wildman–Crippen MR) is 92.7 cm³/mol. The highest BCUT2D eigenvalue weighted by atomic mass is 127. The number of hydrogen-bond acceptors (Lipinski definition) is 2. The molecule has 4 nitrogen and oxygen atoms in total. The second kappa shape index (κ2) is 6.38. The second-order valence-corrected chi connectivity index (χ2v) is 6.85. The molecule has 116 valence electrons. The van der Waals surface area contributed by atoms with Crippen LogP contribution in [0.1, 0.15) is 40.0 Å². The first-order valence-corrected chi connectivity index (χ1v) is 7.79. The third-order valence-corrected chi connectivity index (χ3v) is 4.94. The van der Waals surface area contributed by atoms with E-state index in [9.17, 15) is 0 Å². The molecule has 3 atom stereocenters. The van der Waals surface area contributed by atoms with Gasteiger partial charge in [0.1, 0.15) is 0 Å². The van der Waals surface area contributed by atoms with Crippen LogP contribution in [0.3, 0.4) is 0 Å². The molecule has 1 saturated heterocycles. The third-order valence-electron chi connectivity index (χ3n) is 4.94. The summed E-state index contributed by atoms with van der Waals surface area (Å²) in [4.78, 5) is 4.73. The Hall–Kier alpha value is -0.0400. The van der Waals surface area contributed by atoms with Gasteiger partial charge in [-0.3, -0.25) is 4.99 Å². The van der Waals surface area contributed by atoms with E-state index in [1.54, 1.807) is 0 Å². The molecule has 0 bridgehead atoms. The van der Waals surface area contributed by atoms with Gasteiger partial charge in [-0.25, -0.2) is 0 Å². The van der Waals surface area contributed by atoms with Gasteiger partial charge in [0.15, 0.2) is 5.96 Å². The summed E-state index contributed by atoms with van der Waals surface area (Å²) in [5, 5.41) is 7.04. The van der Waals surface area contributed by atoms with Crippen LogP contribution < -0.4 is 10.6 Å². The number of rotatable bonds is 4. The maximum Gasteiger partial charge on any atom is 0.191 e. The van der Waals surface area contributed by atoms with E-state index in [4.69, 9.17) is 9.73 Å². The van der Waals surface area contributed by atoms with Gasteiger partial charge in [0.2, 0.25) is 0 Å². The fourth-order valence-corrected chi connectivity index (χ4v) is 3.61. The number of nitrogens with one attached hydrogen (secondary N) is 2. The van der Waals surface area contributed by atoms with Crippen molar-refractivity contribution in [3.8, 4) is 0 Å². The molecule has 0 spiro atoms. The fourth-order valence-electron chi connectivity index (χ4n) is 3.61. The van der Waals surface area contributed by atoms with Crippen LogP contribution >= 0.6 is 24.0 Å². The van der Waals surface area contributed by atoms with Gasteiger partial charge in [0, 0.05) is 37.1 Å². The highest BCUT2D eigenvalue weighted by Crippen LogP contribution is 2.52. The van der Waals surface area contributed by atoms with E-state index in [1.807, 2.05) is 0 Å². The number of guanidine groups is 1. The Labute approximate surface area is 139 Å². The Balaban J connectivity index is 0.00000147. The average Bonchev–Trinajstić information content (AvgIpc) is 3.09. The monoisotopic (exact) mass is 393 g/mol. The molecule has 0 radical (unpaired) electrons. The highest BCUT2D eigenvalue weighted by molar-refractivity contribution is 14.0. The molecule has 0 aromatic heterocycles. The van der Waals surface area contributed by atoms with E-state index in [-0.39, 0.29) is 29.4 Å². The van der Waals surface area contributed by atoms with E-state index in [0.717, 1.165) is 31.6 Å². The zero-order chi connectivity index (χ0) is 13.5. The molecule has 2 N–H and O–H groups in total. The molecule has 1 heterocycles. The Bertz CT molecular complexity index is 368. The number of ether oxygens (including phenoxy) is 1. The lowest BCUT2D eigenvalue weighted by Crippen LogP contribution is -2.68. The van der Waals surface area contributed by atoms with E-state index in [1.165, 1.54) is 19.3 Å². The molecule has 1 aliphatic heterocycles. The first-order valence-electron chi connectivity index (χ1n) is 7.79. The van der Waals surface area contributed by atoms with Crippen molar-refractivity contribution in [2.24, 2.45) is 22.2 Å². The SMILES string of the molecule is CCNC(=NCC1CC1)NC1C2CCOC2C1(C)C.I. The molecule has 2 aliphatic carbocycles. The lowest BCUT2D eigenvalue weighted by molar-refractivity contribution is -0.106. The molecule has 3 rings (SSSR count). The van der Waals surface area contributed by atoms with Gasteiger partial charge in [0.05, 0.1) is 6.10 Å². The molecule has 3 fully saturated rings. The summed E-state index contributed by atoms with van der Waals surface area (Å²) in [6.45, 7) is 9.57. The molecule has 0 aromatic rings. The summed E-state index contributed by atoms with van der Waals surface area (Å²) in [6, 6.07) is 0.497. The van der Waals surface area contributed by atoms with Crippen molar-refractivity contribution in [2.45, 2.75) is 52.2 Å². The van der Waals surface area contributed by atoms with Crippen LogP contribution in [0, 0.1) is 17.3 Å². The van der Waals surface area contributed by atoms with Gasteiger partial charge >= 0.3 is 0 Å². The van der Waals surface area contributed by atoms with E-state index < -0.39 is 0 Å². The minimum atomic E-state index is 0. The smallest absolute Gasteiger partial charge is 0.191 e. The maximum absolute atomic E-state index is 5.85. The number of hydrogen-bond donors (Lipinski definition) is 2. The minimum absolute atomic E-state index is 0. The molecular weight excluding hydrogens is 365 g/mol. The van der Waals surface area contributed by atoms with Crippen molar-refractivity contribution in [1.29, 1.82) is 0 Å². The van der Waals surface area contributed by atoms with E-state index >= 15 is 0 Å². The molecule has 3 unspecified atom stereocenters. The second-order valence-electron chi connectivity index (χ2n) is 6.85. The van der Waals surface area contributed by atoms with Crippen molar-refractivity contribution in [3.05, 3.63) is 0 Å². The molecule has 0 aromatic carbocycles. The van der Waals surface area contributed by atoms with Crippen LogP contribution in [0.2, 0.25) is 0 Å². The summed E-state index contributed by atoms with van der Waals surface area (Å²) in [7, 11) is 0. The van der Waals surface area contributed by atoms with Crippen molar-refractivity contribution in [3.63, 3.8) is 0 Å². The van der Waals surface area contributed by atoms with Crippen LogP contribution in [0.5, 0.6) is 0 Å². The topological polar surface area (TPSA) is 45.7 Å². The van der Waals surface area contributed by atoms with Crippen LogP contribution in [-0.4, -0.2) is 37.8 Å². The van der Waals surface area contributed by atoms with E-state index in [2.05, 4.69) is 31.4 Å². The average molecular weight is 393 g/mol. The Morgan fingerprint density at radius 1 is 1.30 bits per heavy atom. The number of fused-ring (bicyclic) bond motifs is 1. The molecule has 0 amide bonds. The van der Waals surface area contributed by atoms with Gasteiger partial charge in [-0.2, -0.15) is 0 Å². The standard InChI is InChI=1S/C15H27N3O.HI/c1-4-16-14(17-9-10-5-6-10)18-12-11-7-8-19-13(11)15(12,2)3;/h10-13H,4-9H2,1-3H3,(H2,16,17,18);1H. The van der Waals surface area contributed by atoms with Crippen molar-refractivity contribution < 1.29 is 4.74 Å². The number of halogens is 1. The van der Waals surface area contributed by atoms with Crippen LogP contribution in [0.15, 0.2) is 4.99 Å². The summed E-state index contributed by atoms with van der Waals surface area (Å²) in [5.41, 5.74) is 0.219. The summed E-state index contributed by atoms with van der Waals surface area (Å²) in [6.07, 6.45) is 4.34. The first kappa shape index (κ1) is 16.3. The van der Waals surface area contributed by atoms with Crippen LogP contribution in [0.4, 0.5) is 0 Å². The van der Waals surface area contributed by atoms with Crippen molar-refractivity contribution in [2.75, 3.05) is 19.7 Å². The number of nitrogens with zero attached hydrogens (tertiary/aromatic N) is 1. The highest BCUT2D eigenvalue weighted by Gasteiger charge is 2.59. The Morgan fingerprint density at radius 2 is 2.05 bits per heavy atom. The van der Waals surface area contributed by atoms with Crippen LogP contribution in [0.25, 0.3) is 0 Å². The summed E-state index contributed by atoms with van der Waals surface area (Å²) in [5.74, 6) is 2.50. The van der Waals surface area contributed by atoms with Crippen LogP contribution in [-0.2, 0) is 4.74 Å². The van der Waals surface area contributed by atoms with Gasteiger partial charge in [-0.15, -0.1) is 24.0 Å². The molecule has 5 heteroatoms. The molecule has 2 saturated carbocycles. The Kier molecular flexibility index (Phi) is 5.21. The zero-order valence-corrected chi connectivity index (χ0v) is 15.1. The fraction of sp³-hybridized carbons (Fsp3) is 0.933. The van der Waals surface area contributed by atoms with Gasteiger partial charge in [0.25, 0.3) is 0 Å². The predicted octanol–water partition coefficient (Wildman–Crippen LogP) is 2.38. The molecular formula is C15H28IN3O. The van der Waals surface area contributed by atoms with Gasteiger partial charge < -0.3 is 15.4 Å². The lowest BCUT2D eigenvalue weighted by Gasteiger charge is -2.54. The summed E-state index contributed by atoms with van der Waals surface area (Å²) < 4.78 is 5.85. The largest absolute Gasteiger partial charge is 0.377 e. The van der Waals surface area contributed by atoms with Gasteiger partial charge in [-0.1, -0.05) is 13.8 Å². The maximum atomic E-state index is 5.85. The van der Waals surface area contributed by atoms with E-state index in [0.29, 0.717) is 18.1 Å². The van der Waals surface area contributed by atoms with Crippen molar-refractivity contribution >= 4 is 29.9 Å². The zero-order valence-electron chi connectivity index (χ0n) is 12.8. The first-order chi connectivity index (χ1) is 9.13. The summed E-state index contributed by atoms with van der Waals surface area (Å²) >= 11 is 0.